The zero-order chi connectivity index (χ0) is 29.4. The second kappa shape index (κ2) is 9.25. The molecule has 3 heteroatoms. The van der Waals surface area contributed by atoms with Gasteiger partial charge in [-0.15, -0.1) is 0 Å². The summed E-state index contributed by atoms with van der Waals surface area (Å²) in [5.41, 5.74) is 16.0. The highest BCUT2D eigenvalue weighted by molar-refractivity contribution is 5.96. The Morgan fingerprint density at radius 2 is 1.07 bits per heavy atom. The maximum absolute atomic E-state index is 6.37. The molecule has 1 unspecified atom stereocenters. The Bertz CT molecular complexity index is 1820. The van der Waals surface area contributed by atoms with Gasteiger partial charge in [-0.05, 0) is 62.5 Å². The van der Waals surface area contributed by atoms with E-state index in [2.05, 4.69) is 155 Å². The number of likely N-dealkylation sites (N-methyl/N-ethyl adjacent to an activating group) is 2. The summed E-state index contributed by atoms with van der Waals surface area (Å²) in [5, 5.41) is 5.22. The summed E-state index contributed by atoms with van der Waals surface area (Å²) in [6.45, 7) is 9.46. The molecule has 1 atom stereocenters. The minimum atomic E-state index is -0.168. The predicted molar refractivity (Wildman–Crippen MR) is 181 cm³/mol. The molecule has 0 saturated carbocycles. The van der Waals surface area contributed by atoms with Crippen LogP contribution in [0.1, 0.15) is 50.3 Å². The molecule has 2 heterocycles. The molecule has 5 aromatic carbocycles. The van der Waals surface area contributed by atoms with Crippen LogP contribution >= 0.6 is 0 Å². The van der Waals surface area contributed by atoms with Crippen LogP contribution < -0.4 is 15.5 Å². The normalized spacial score (nSPS) is 19.6. The molecule has 2 N–H and O–H groups in total. The third-order valence-corrected chi connectivity index (χ3v) is 9.76. The lowest BCUT2D eigenvalue weighted by molar-refractivity contribution is 0.631. The molecule has 0 aliphatic carbocycles. The van der Waals surface area contributed by atoms with Crippen molar-refractivity contribution in [3.63, 3.8) is 0 Å². The molecule has 0 amide bonds. The second-order valence-corrected chi connectivity index (χ2v) is 13.0. The van der Waals surface area contributed by atoms with E-state index < -0.39 is 0 Å². The predicted octanol–water partition coefficient (Wildman–Crippen LogP) is 9.28. The van der Waals surface area contributed by atoms with E-state index in [1.807, 2.05) is 6.07 Å². The van der Waals surface area contributed by atoms with Crippen LogP contribution in [0.2, 0.25) is 0 Å². The van der Waals surface area contributed by atoms with Gasteiger partial charge in [-0.1, -0.05) is 113 Å². The first-order chi connectivity index (χ1) is 20.1. The van der Waals surface area contributed by atoms with Crippen molar-refractivity contribution in [2.75, 3.05) is 29.6 Å². The Labute approximate surface area is 249 Å². The standard InChI is InChI=1S/C39H39N3/c1-38(2)34(41(5)32-20-18-25-12-7-9-16-30(25)36(32)38)23-28(27-14-11-15-29(40)22-27)24-35-39(3,4)37-31-17-10-8-13-26(31)19-21-33(37)42(35)6/h7-24,28H,40H2,1-6H3/b34-23-,35-24+. The van der Waals surface area contributed by atoms with Gasteiger partial charge in [0, 0.05) is 59.3 Å². The number of hydrogen-bond acceptors (Lipinski definition) is 3. The molecule has 0 saturated heterocycles. The van der Waals surface area contributed by atoms with E-state index in [0.717, 1.165) is 5.69 Å². The number of nitrogen functional groups attached to an aromatic ring is 1. The molecular formula is C39H39N3. The van der Waals surface area contributed by atoms with E-state index in [1.54, 1.807) is 0 Å². The number of nitrogens with two attached hydrogens (primary N) is 1. The zero-order valence-electron chi connectivity index (χ0n) is 25.4. The van der Waals surface area contributed by atoms with Crippen molar-refractivity contribution in [1.29, 1.82) is 0 Å². The first-order valence-electron chi connectivity index (χ1n) is 14.9. The van der Waals surface area contributed by atoms with Gasteiger partial charge in [-0.25, -0.2) is 0 Å². The van der Waals surface area contributed by atoms with E-state index in [1.165, 1.54) is 61.0 Å². The second-order valence-electron chi connectivity index (χ2n) is 13.0. The van der Waals surface area contributed by atoms with Crippen LogP contribution in [-0.2, 0) is 10.8 Å². The summed E-state index contributed by atoms with van der Waals surface area (Å²) in [6.07, 6.45) is 4.95. The van der Waals surface area contributed by atoms with Crippen LogP contribution in [0.4, 0.5) is 17.1 Å². The van der Waals surface area contributed by atoms with Gasteiger partial charge in [0.1, 0.15) is 0 Å². The molecule has 0 bridgehead atoms. The number of allylic oxidation sites excluding steroid dienone is 4. The minimum Gasteiger partial charge on any atom is -0.399 e. The average molecular weight is 550 g/mol. The van der Waals surface area contributed by atoms with Crippen LogP contribution in [0.25, 0.3) is 21.5 Å². The van der Waals surface area contributed by atoms with E-state index in [-0.39, 0.29) is 16.7 Å². The molecule has 5 aromatic rings. The van der Waals surface area contributed by atoms with Gasteiger partial charge < -0.3 is 15.5 Å². The summed E-state index contributed by atoms with van der Waals surface area (Å²) in [5.74, 6) is 0.0307. The fourth-order valence-corrected chi connectivity index (χ4v) is 7.73. The molecule has 0 fully saturated rings. The van der Waals surface area contributed by atoms with Crippen molar-refractivity contribution in [2.45, 2.75) is 44.4 Å². The van der Waals surface area contributed by atoms with Crippen molar-refractivity contribution in [1.82, 2.24) is 0 Å². The molecule has 0 aromatic heterocycles. The maximum Gasteiger partial charge on any atom is 0.0454 e. The molecule has 3 nitrogen and oxygen atoms in total. The average Bonchev–Trinajstić information content (AvgIpc) is 3.30. The van der Waals surface area contributed by atoms with Crippen molar-refractivity contribution < 1.29 is 0 Å². The quantitative estimate of drug-likeness (QED) is 0.228. The SMILES string of the molecule is CN1/C(=C\C(/C=C2/N(C)c3ccc4ccccc4c3C2(C)C)c2cccc(N)c2)C(C)(C)c2c1ccc1ccccc21. The van der Waals surface area contributed by atoms with Crippen molar-refractivity contribution in [3.05, 3.63) is 137 Å². The summed E-state index contributed by atoms with van der Waals surface area (Å²) >= 11 is 0. The van der Waals surface area contributed by atoms with Crippen LogP contribution in [0.3, 0.4) is 0 Å². The first-order valence-corrected chi connectivity index (χ1v) is 14.9. The summed E-state index contributed by atoms with van der Waals surface area (Å²) in [7, 11) is 4.43. The van der Waals surface area contributed by atoms with Gasteiger partial charge >= 0.3 is 0 Å². The zero-order valence-corrected chi connectivity index (χ0v) is 25.4. The fourth-order valence-electron chi connectivity index (χ4n) is 7.73. The molecule has 2 aliphatic heterocycles. The fraction of sp³-hybridized carbons (Fsp3) is 0.231. The van der Waals surface area contributed by atoms with Gasteiger partial charge in [-0.2, -0.15) is 0 Å². The molecule has 0 spiro atoms. The third-order valence-electron chi connectivity index (χ3n) is 9.76. The number of anilines is 3. The third kappa shape index (κ3) is 3.80. The van der Waals surface area contributed by atoms with Gasteiger partial charge in [0.05, 0.1) is 0 Å². The Hall–Kier alpha value is -4.50. The monoisotopic (exact) mass is 549 g/mol. The van der Waals surface area contributed by atoms with Crippen LogP contribution in [0, 0.1) is 0 Å². The topological polar surface area (TPSA) is 32.5 Å². The molecule has 42 heavy (non-hydrogen) atoms. The van der Waals surface area contributed by atoms with Crippen molar-refractivity contribution in [2.24, 2.45) is 0 Å². The van der Waals surface area contributed by atoms with E-state index in [4.69, 9.17) is 5.73 Å². The highest BCUT2D eigenvalue weighted by atomic mass is 15.2. The van der Waals surface area contributed by atoms with Crippen molar-refractivity contribution >= 4 is 38.6 Å². The molecule has 210 valence electrons. The lowest BCUT2D eigenvalue weighted by Crippen LogP contribution is -2.25. The van der Waals surface area contributed by atoms with Gasteiger partial charge in [-0.3, -0.25) is 0 Å². The Morgan fingerprint density at radius 3 is 1.55 bits per heavy atom. The van der Waals surface area contributed by atoms with Crippen LogP contribution in [0.15, 0.2) is 121 Å². The number of benzene rings is 5. The van der Waals surface area contributed by atoms with Gasteiger partial charge in [0.15, 0.2) is 0 Å². The number of rotatable bonds is 3. The summed E-state index contributed by atoms with van der Waals surface area (Å²) in [4.78, 5) is 4.79. The van der Waals surface area contributed by atoms with E-state index in [9.17, 15) is 0 Å². The van der Waals surface area contributed by atoms with E-state index in [0.29, 0.717) is 0 Å². The van der Waals surface area contributed by atoms with Crippen LogP contribution in [-0.4, -0.2) is 14.1 Å². The number of hydrogen-bond donors (Lipinski definition) is 1. The molecule has 7 rings (SSSR count). The van der Waals surface area contributed by atoms with Crippen LogP contribution in [0.5, 0.6) is 0 Å². The Kier molecular flexibility index (Phi) is 5.82. The lowest BCUT2D eigenvalue weighted by Gasteiger charge is -2.29. The lowest BCUT2D eigenvalue weighted by atomic mass is 9.78. The number of nitrogens with zero attached hydrogens (tertiary/aromatic N) is 2. The summed E-state index contributed by atoms with van der Waals surface area (Å²) < 4.78 is 0. The Morgan fingerprint density at radius 1 is 0.595 bits per heavy atom. The van der Waals surface area contributed by atoms with Gasteiger partial charge in [0.25, 0.3) is 0 Å². The molecular weight excluding hydrogens is 510 g/mol. The molecule has 0 radical (unpaired) electrons. The van der Waals surface area contributed by atoms with Gasteiger partial charge in [0.2, 0.25) is 0 Å². The largest absolute Gasteiger partial charge is 0.399 e. The van der Waals surface area contributed by atoms with E-state index >= 15 is 0 Å². The molecule has 2 aliphatic rings. The number of fused-ring (bicyclic) bond motifs is 6. The highest BCUT2D eigenvalue weighted by Gasteiger charge is 2.42. The maximum atomic E-state index is 6.37. The minimum absolute atomic E-state index is 0.0307. The summed E-state index contributed by atoms with van der Waals surface area (Å²) in [6, 6.07) is 35.0. The smallest absolute Gasteiger partial charge is 0.0454 e. The Balaban J connectivity index is 1.42. The van der Waals surface area contributed by atoms with Crippen molar-refractivity contribution in [3.8, 4) is 0 Å². The highest BCUT2D eigenvalue weighted by Crippen LogP contribution is 2.53. The first kappa shape index (κ1) is 26.4.